The molecule has 106 valence electrons. The SMILES string of the molecule is CN(c1c(F)cc(CCN)cc1F)C1CCCCC1. The average molecular weight is 268 g/mol. The maximum atomic E-state index is 14.1. The molecule has 0 saturated heterocycles. The lowest BCUT2D eigenvalue weighted by Gasteiger charge is -2.33. The third kappa shape index (κ3) is 3.24. The van der Waals surface area contributed by atoms with Crippen LogP contribution in [0.15, 0.2) is 12.1 Å². The molecule has 0 heterocycles. The highest BCUT2D eigenvalue weighted by Gasteiger charge is 2.23. The van der Waals surface area contributed by atoms with Crippen LogP contribution in [-0.4, -0.2) is 19.6 Å². The Kier molecular flexibility index (Phi) is 4.75. The molecule has 0 spiro atoms. The molecule has 1 aromatic carbocycles. The van der Waals surface area contributed by atoms with Gasteiger partial charge in [0.25, 0.3) is 0 Å². The summed E-state index contributed by atoms with van der Waals surface area (Å²) in [6.45, 7) is 0.399. The maximum absolute atomic E-state index is 14.1. The Labute approximate surface area is 113 Å². The second-order valence-electron chi connectivity index (χ2n) is 5.35. The second kappa shape index (κ2) is 6.33. The summed E-state index contributed by atoms with van der Waals surface area (Å²) < 4.78 is 28.2. The first-order chi connectivity index (χ1) is 9.13. The van der Waals surface area contributed by atoms with Crippen molar-refractivity contribution in [2.75, 3.05) is 18.5 Å². The highest BCUT2D eigenvalue weighted by atomic mass is 19.1. The number of hydrogen-bond donors (Lipinski definition) is 1. The lowest BCUT2D eigenvalue weighted by molar-refractivity contribution is 0.420. The van der Waals surface area contributed by atoms with Crippen molar-refractivity contribution in [2.45, 2.75) is 44.6 Å². The molecule has 1 aromatic rings. The van der Waals surface area contributed by atoms with Gasteiger partial charge in [-0.1, -0.05) is 19.3 Å². The van der Waals surface area contributed by atoms with Gasteiger partial charge < -0.3 is 10.6 Å². The van der Waals surface area contributed by atoms with E-state index in [0.29, 0.717) is 18.5 Å². The van der Waals surface area contributed by atoms with Crippen molar-refractivity contribution in [2.24, 2.45) is 5.73 Å². The van der Waals surface area contributed by atoms with E-state index in [1.165, 1.54) is 18.6 Å². The van der Waals surface area contributed by atoms with Crippen LogP contribution in [-0.2, 0) is 6.42 Å². The molecular weight excluding hydrogens is 246 g/mol. The number of nitrogens with zero attached hydrogens (tertiary/aromatic N) is 1. The van der Waals surface area contributed by atoms with Crippen LogP contribution in [0.25, 0.3) is 0 Å². The zero-order chi connectivity index (χ0) is 13.8. The largest absolute Gasteiger partial charge is 0.367 e. The summed E-state index contributed by atoms with van der Waals surface area (Å²) in [6.07, 6.45) is 6.04. The number of hydrogen-bond acceptors (Lipinski definition) is 2. The van der Waals surface area contributed by atoms with Crippen LogP contribution in [0.3, 0.4) is 0 Å². The third-order valence-electron chi connectivity index (χ3n) is 3.98. The van der Waals surface area contributed by atoms with Crippen LogP contribution < -0.4 is 10.6 Å². The van der Waals surface area contributed by atoms with Gasteiger partial charge in [0, 0.05) is 13.1 Å². The number of nitrogens with two attached hydrogens (primary N) is 1. The van der Waals surface area contributed by atoms with Gasteiger partial charge in [-0.15, -0.1) is 0 Å². The summed E-state index contributed by atoms with van der Waals surface area (Å²) in [4.78, 5) is 1.77. The molecule has 0 amide bonds. The van der Waals surface area contributed by atoms with Gasteiger partial charge in [0.1, 0.15) is 17.3 Å². The topological polar surface area (TPSA) is 29.3 Å². The summed E-state index contributed by atoms with van der Waals surface area (Å²) in [6, 6.07) is 3.06. The first-order valence-corrected chi connectivity index (χ1v) is 7.04. The molecule has 0 unspecified atom stereocenters. The fraction of sp³-hybridized carbons (Fsp3) is 0.600. The normalized spacial score (nSPS) is 16.6. The number of halogens is 2. The maximum Gasteiger partial charge on any atom is 0.149 e. The Morgan fingerprint density at radius 1 is 1.16 bits per heavy atom. The van der Waals surface area contributed by atoms with Gasteiger partial charge in [0.05, 0.1) is 0 Å². The minimum atomic E-state index is -0.475. The molecule has 2 nitrogen and oxygen atoms in total. The summed E-state index contributed by atoms with van der Waals surface area (Å²) in [5.74, 6) is -0.951. The van der Waals surface area contributed by atoms with Crippen molar-refractivity contribution < 1.29 is 8.78 Å². The smallest absolute Gasteiger partial charge is 0.149 e. The molecule has 1 fully saturated rings. The summed E-state index contributed by atoms with van der Waals surface area (Å²) in [5, 5.41) is 0. The van der Waals surface area contributed by atoms with Crippen molar-refractivity contribution in [3.8, 4) is 0 Å². The van der Waals surface area contributed by atoms with Crippen molar-refractivity contribution in [1.82, 2.24) is 0 Å². The van der Waals surface area contributed by atoms with Crippen LogP contribution in [0.5, 0.6) is 0 Å². The van der Waals surface area contributed by atoms with E-state index in [1.807, 2.05) is 0 Å². The molecule has 0 atom stereocenters. The quantitative estimate of drug-likeness (QED) is 0.908. The van der Waals surface area contributed by atoms with Crippen molar-refractivity contribution >= 4 is 5.69 Å². The Morgan fingerprint density at radius 2 is 1.74 bits per heavy atom. The molecule has 2 rings (SSSR count). The summed E-state index contributed by atoms with van der Waals surface area (Å²) in [7, 11) is 1.79. The molecule has 4 heteroatoms. The van der Waals surface area contributed by atoms with Gasteiger partial charge in [-0.25, -0.2) is 8.78 Å². The Hall–Kier alpha value is -1.16. The zero-order valence-corrected chi connectivity index (χ0v) is 11.5. The summed E-state index contributed by atoms with van der Waals surface area (Å²) in [5.41, 5.74) is 6.15. The van der Waals surface area contributed by atoms with Gasteiger partial charge in [-0.3, -0.25) is 0 Å². The van der Waals surface area contributed by atoms with Crippen molar-refractivity contribution in [1.29, 1.82) is 0 Å². The Bertz CT molecular complexity index is 405. The molecule has 1 aliphatic rings. The van der Waals surface area contributed by atoms with E-state index in [2.05, 4.69) is 0 Å². The molecule has 19 heavy (non-hydrogen) atoms. The molecule has 2 N–H and O–H groups in total. The average Bonchev–Trinajstić information content (AvgIpc) is 2.39. The molecule has 0 aliphatic heterocycles. The molecule has 1 aliphatic carbocycles. The van der Waals surface area contributed by atoms with E-state index in [9.17, 15) is 8.78 Å². The molecule has 0 bridgehead atoms. The predicted octanol–water partition coefficient (Wildman–Crippen LogP) is 3.23. The summed E-state index contributed by atoms with van der Waals surface area (Å²) >= 11 is 0. The van der Waals surface area contributed by atoms with Crippen LogP contribution >= 0.6 is 0 Å². The van der Waals surface area contributed by atoms with Crippen LogP contribution in [0.1, 0.15) is 37.7 Å². The fourth-order valence-corrected chi connectivity index (χ4v) is 2.92. The lowest BCUT2D eigenvalue weighted by Crippen LogP contribution is -2.34. The predicted molar refractivity (Wildman–Crippen MR) is 74.4 cm³/mol. The second-order valence-corrected chi connectivity index (χ2v) is 5.35. The minimum absolute atomic E-state index is 0.104. The lowest BCUT2D eigenvalue weighted by atomic mass is 9.94. The standard InChI is InChI=1S/C15H22F2N2/c1-19(12-5-3-2-4-6-12)15-13(16)9-11(7-8-18)10-14(15)17/h9-10,12H,2-8,18H2,1H3. The minimum Gasteiger partial charge on any atom is -0.367 e. The van der Waals surface area contributed by atoms with Gasteiger partial charge in [-0.05, 0) is 43.5 Å². The van der Waals surface area contributed by atoms with Crippen molar-refractivity contribution in [3.05, 3.63) is 29.3 Å². The number of benzene rings is 1. The van der Waals surface area contributed by atoms with Crippen LogP contribution in [0.4, 0.5) is 14.5 Å². The molecular formula is C15H22F2N2. The number of anilines is 1. The molecule has 0 radical (unpaired) electrons. The van der Waals surface area contributed by atoms with Gasteiger partial charge >= 0.3 is 0 Å². The molecule has 0 aromatic heterocycles. The first-order valence-electron chi connectivity index (χ1n) is 7.04. The van der Waals surface area contributed by atoms with E-state index in [-0.39, 0.29) is 11.7 Å². The van der Waals surface area contributed by atoms with Crippen molar-refractivity contribution in [3.63, 3.8) is 0 Å². The van der Waals surface area contributed by atoms with Crippen LogP contribution in [0.2, 0.25) is 0 Å². The zero-order valence-electron chi connectivity index (χ0n) is 11.5. The monoisotopic (exact) mass is 268 g/mol. The van der Waals surface area contributed by atoms with E-state index < -0.39 is 11.6 Å². The first kappa shape index (κ1) is 14.3. The van der Waals surface area contributed by atoms with Crippen LogP contribution in [0, 0.1) is 11.6 Å². The number of rotatable bonds is 4. The van der Waals surface area contributed by atoms with E-state index in [4.69, 9.17) is 5.73 Å². The highest BCUT2D eigenvalue weighted by molar-refractivity contribution is 5.51. The molecule has 1 saturated carbocycles. The van der Waals surface area contributed by atoms with E-state index in [1.54, 1.807) is 11.9 Å². The highest BCUT2D eigenvalue weighted by Crippen LogP contribution is 2.30. The van der Waals surface area contributed by atoms with Gasteiger partial charge in [-0.2, -0.15) is 0 Å². The van der Waals surface area contributed by atoms with E-state index in [0.717, 1.165) is 25.7 Å². The third-order valence-corrected chi connectivity index (χ3v) is 3.98. The Morgan fingerprint density at radius 3 is 2.26 bits per heavy atom. The van der Waals surface area contributed by atoms with E-state index >= 15 is 0 Å². The van der Waals surface area contributed by atoms with Gasteiger partial charge in [0.2, 0.25) is 0 Å². The Balaban J connectivity index is 2.23. The fourth-order valence-electron chi connectivity index (χ4n) is 2.92. The van der Waals surface area contributed by atoms with Gasteiger partial charge in [0.15, 0.2) is 0 Å².